The first kappa shape index (κ1) is 25.3. The van der Waals surface area contributed by atoms with Gasteiger partial charge < -0.3 is 23.5 Å². The largest absolute Gasteiger partial charge is 0.459 e. The smallest absolute Gasteiger partial charge is 0.290 e. The summed E-state index contributed by atoms with van der Waals surface area (Å²) in [6.07, 6.45) is 4.32. The van der Waals surface area contributed by atoms with Crippen molar-refractivity contribution in [3.05, 3.63) is 83.6 Å². The lowest BCUT2D eigenvalue weighted by molar-refractivity contribution is -0.135. The zero-order chi connectivity index (χ0) is 24.5. The van der Waals surface area contributed by atoms with Gasteiger partial charge in [-0.15, -0.1) is 0 Å². The van der Waals surface area contributed by atoms with Crippen LogP contribution in [0, 0.1) is 6.92 Å². The molecule has 34 heavy (non-hydrogen) atoms. The molecular weight excluding hydrogens is 430 g/mol. The van der Waals surface area contributed by atoms with Gasteiger partial charge in [0.1, 0.15) is 6.54 Å². The third-order valence-electron chi connectivity index (χ3n) is 6.21. The fraction of sp³-hybridized carbons (Fsp3) is 0.407. The summed E-state index contributed by atoms with van der Waals surface area (Å²) in [5.74, 6) is -0.206. The second-order valence-electron chi connectivity index (χ2n) is 8.53. The van der Waals surface area contributed by atoms with E-state index < -0.39 is 0 Å². The maximum Gasteiger partial charge on any atom is 0.290 e. The highest BCUT2D eigenvalue weighted by molar-refractivity contribution is 5.94. The molecule has 7 heteroatoms. The van der Waals surface area contributed by atoms with Gasteiger partial charge in [-0.05, 0) is 55.7 Å². The summed E-state index contributed by atoms with van der Waals surface area (Å²) in [7, 11) is 1.57. The van der Waals surface area contributed by atoms with E-state index in [2.05, 4.69) is 36.6 Å². The molecular formula is C27H35N3O4. The normalized spacial score (nSPS) is 11.9. The Balaban J connectivity index is 1.78. The Bertz CT molecular complexity index is 1060. The lowest BCUT2D eigenvalue weighted by Gasteiger charge is -2.31. The molecule has 0 aliphatic rings. The van der Waals surface area contributed by atoms with Crippen molar-refractivity contribution < 1.29 is 18.7 Å². The quantitative estimate of drug-likeness (QED) is 0.399. The molecule has 1 aromatic carbocycles. The Morgan fingerprint density at radius 1 is 1.12 bits per heavy atom. The fourth-order valence-electron chi connectivity index (χ4n) is 3.87. The van der Waals surface area contributed by atoms with E-state index in [0.29, 0.717) is 19.7 Å². The Morgan fingerprint density at radius 3 is 2.59 bits per heavy atom. The minimum Gasteiger partial charge on any atom is -0.459 e. The second kappa shape index (κ2) is 12.2. The van der Waals surface area contributed by atoms with Gasteiger partial charge in [0.2, 0.25) is 5.91 Å². The molecule has 2 amide bonds. The van der Waals surface area contributed by atoms with Crippen LogP contribution in [0.15, 0.2) is 65.4 Å². The van der Waals surface area contributed by atoms with Crippen LogP contribution >= 0.6 is 0 Å². The molecule has 0 saturated carbocycles. The lowest BCUT2D eigenvalue weighted by atomic mass is 10.1. The van der Waals surface area contributed by atoms with Crippen LogP contribution in [0.5, 0.6) is 0 Å². The van der Waals surface area contributed by atoms with Crippen LogP contribution in [0.3, 0.4) is 0 Å². The highest BCUT2D eigenvalue weighted by Gasteiger charge is 2.26. The summed E-state index contributed by atoms with van der Waals surface area (Å²) in [4.78, 5) is 29.8. The zero-order valence-electron chi connectivity index (χ0n) is 20.6. The molecule has 2 heterocycles. The number of benzene rings is 1. The number of amides is 2. The Labute approximate surface area is 201 Å². The first-order valence-corrected chi connectivity index (χ1v) is 11.7. The fourth-order valence-corrected chi connectivity index (χ4v) is 3.87. The standard InChI is InChI=1S/C27H35N3O4/c1-5-22(3)30(19-24-12-8-14-28(24)18-23-11-7-6-10-21(23)2)26(31)20-29(15-17-33-4)27(32)25-13-9-16-34-25/h6-14,16,22H,5,15,17-20H2,1-4H3. The van der Waals surface area contributed by atoms with Gasteiger partial charge in [-0.25, -0.2) is 0 Å². The molecule has 0 fully saturated rings. The van der Waals surface area contributed by atoms with Gasteiger partial charge in [0.05, 0.1) is 19.4 Å². The van der Waals surface area contributed by atoms with Gasteiger partial charge >= 0.3 is 0 Å². The number of nitrogens with zero attached hydrogens (tertiary/aromatic N) is 3. The minimum atomic E-state index is -0.317. The number of furan rings is 1. The van der Waals surface area contributed by atoms with Crippen LogP contribution < -0.4 is 0 Å². The molecule has 0 spiro atoms. The summed E-state index contributed by atoms with van der Waals surface area (Å²) < 4.78 is 12.6. The molecule has 0 N–H and O–H groups in total. The van der Waals surface area contributed by atoms with Crippen molar-refractivity contribution in [3.63, 3.8) is 0 Å². The van der Waals surface area contributed by atoms with Crippen molar-refractivity contribution in [2.75, 3.05) is 26.8 Å². The third-order valence-corrected chi connectivity index (χ3v) is 6.21. The van der Waals surface area contributed by atoms with Crippen LogP contribution in [0.4, 0.5) is 0 Å². The first-order chi connectivity index (χ1) is 16.4. The van der Waals surface area contributed by atoms with Gasteiger partial charge in [-0.2, -0.15) is 0 Å². The van der Waals surface area contributed by atoms with Gasteiger partial charge in [0.15, 0.2) is 5.76 Å². The topological polar surface area (TPSA) is 67.9 Å². The number of aryl methyl sites for hydroxylation is 1. The van der Waals surface area contributed by atoms with Crippen molar-refractivity contribution >= 4 is 11.8 Å². The van der Waals surface area contributed by atoms with Crippen molar-refractivity contribution in [2.45, 2.75) is 46.3 Å². The number of hydrogen-bond donors (Lipinski definition) is 0. The SMILES string of the molecule is CCC(C)N(Cc1cccn1Cc1ccccc1C)C(=O)CN(CCOC)C(=O)c1ccco1. The molecule has 182 valence electrons. The van der Waals surface area contributed by atoms with Crippen LogP contribution in [-0.2, 0) is 22.6 Å². The molecule has 0 aliphatic carbocycles. The van der Waals surface area contributed by atoms with E-state index in [1.54, 1.807) is 19.2 Å². The highest BCUT2D eigenvalue weighted by atomic mass is 16.5. The Kier molecular flexibility index (Phi) is 9.10. The number of aromatic nitrogens is 1. The summed E-state index contributed by atoms with van der Waals surface area (Å²) in [5, 5.41) is 0. The number of rotatable bonds is 12. The van der Waals surface area contributed by atoms with Gasteiger partial charge in [0.25, 0.3) is 5.91 Å². The van der Waals surface area contributed by atoms with E-state index in [-0.39, 0.29) is 30.2 Å². The molecule has 2 aromatic heterocycles. The van der Waals surface area contributed by atoms with Crippen molar-refractivity contribution in [1.29, 1.82) is 0 Å². The first-order valence-electron chi connectivity index (χ1n) is 11.7. The van der Waals surface area contributed by atoms with Crippen LogP contribution in [0.25, 0.3) is 0 Å². The minimum absolute atomic E-state index is 0.0253. The van der Waals surface area contributed by atoms with E-state index in [4.69, 9.17) is 9.15 Å². The number of carbonyl (C=O) groups excluding carboxylic acids is 2. The van der Waals surface area contributed by atoms with Crippen molar-refractivity contribution in [2.24, 2.45) is 0 Å². The summed E-state index contributed by atoms with van der Waals surface area (Å²) in [6, 6.07) is 15.7. The Hall–Kier alpha value is -3.32. The Morgan fingerprint density at radius 2 is 1.91 bits per heavy atom. The number of carbonyl (C=O) groups is 2. The predicted molar refractivity (Wildman–Crippen MR) is 132 cm³/mol. The van der Waals surface area contributed by atoms with Gasteiger partial charge in [-0.3, -0.25) is 9.59 Å². The molecule has 0 saturated heterocycles. The molecule has 0 aliphatic heterocycles. The molecule has 0 radical (unpaired) electrons. The monoisotopic (exact) mass is 465 g/mol. The summed E-state index contributed by atoms with van der Waals surface area (Å²) in [6.45, 7) is 8.04. The average molecular weight is 466 g/mol. The third kappa shape index (κ3) is 6.38. The van der Waals surface area contributed by atoms with Crippen molar-refractivity contribution in [3.8, 4) is 0 Å². The zero-order valence-corrected chi connectivity index (χ0v) is 20.6. The summed E-state index contributed by atoms with van der Waals surface area (Å²) >= 11 is 0. The number of methoxy groups -OCH3 is 1. The number of hydrogen-bond acceptors (Lipinski definition) is 4. The van der Waals surface area contributed by atoms with Crippen LogP contribution in [-0.4, -0.2) is 59.0 Å². The van der Waals surface area contributed by atoms with Crippen LogP contribution in [0.2, 0.25) is 0 Å². The molecule has 3 rings (SSSR count). The average Bonchev–Trinajstić information content (AvgIpc) is 3.53. The van der Waals surface area contributed by atoms with Gasteiger partial charge in [0, 0.05) is 38.1 Å². The maximum absolute atomic E-state index is 13.5. The molecule has 1 atom stereocenters. The van der Waals surface area contributed by atoms with Crippen molar-refractivity contribution in [1.82, 2.24) is 14.4 Å². The highest BCUT2D eigenvalue weighted by Crippen LogP contribution is 2.17. The van der Waals surface area contributed by atoms with E-state index in [1.165, 1.54) is 22.3 Å². The second-order valence-corrected chi connectivity index (χ2v) is 8.53. The maximum atomic E-state index is 13.5. The van der Waals surface area contributed by atoms with E-state index in [1.807, 2.05) is 36.2 Å². The summed E-state index contributed by atoms with van der Waals surface area (Å²) in [5.41, 5.74) is 3.54. The van der Waals surface area contributed by atoms with E-state index in [9.17, 15) is 9.59 Å². The molecule has 7 nitrogen and oxygen atoms in total. The van der Waals surface area contributed by atoms with Gasteiger partial charge in [-0.1, -0.05) is 31.2 Å². The molecule has 3 aromatic rings. The lowest BCUT2D eigenvalue weighted by Crippen LogP contribution is -2.46. The van der Waals surface area contributed by atoms with Crippen LogP contribution in [0.1, 0.15) is 47.6 Å². The molecule has 0 bridgehead atoms. The predicted octanol–water partition coefficient (Wildman–Crippen LogP) is 4.35. The van der Waals surface area contributed by atoms with E-state index in [0.717, 1.165) is 18.7 Å². The van der Waals surface area contributed by atoms with E-state index >= 15 is 0 Å². The number of ether oxygens (including phenoxy) is 1. The molecule has 1 unspecified atom stereocenters.